The molecule has 2 aromatic rings. The quantitative estimate of drug-likeness (QED) is 0.896. The van der Waals surface area contributed by atoms with E-state index >= 15 is 0 Å². The molecule has 3 nitrogen and oxygen atoms in total. The third-order valence-corrected chi connectivity index (χ3v) is 4.17. The molecule has 3 rings (SSSR count). The van der Waals surface area contributed by atoms with Crippen LogP contribution in [0, 0.1) is 5.92 Å². The topological polar surface area (TPSA) is 42.4 Å². The van der Waals surface area contributed by atoms with Crippen molar-refractivity contribution in [3.63, 3.8) is 0 Å². The zero-order valence-corrected chi connectivity index (χ0v) is 11.5. The zero-order valence-electron chi connectivity index (χ0n) is 11.5. The van der Waals surface area contributed by atoms with Crippen molar-refractivity contribution in [2.24, 2.45) is 11.7 Å². The summed E-state index contributed by atoms with van der Waals surface area (Å²) in [5.74, 6) is 0.807. The number of nitrogens with two attached hydrogens (primary N) is 1. The average Bonchev–Trinajstić information content (AvgIpc) is 2.78. The van der Waals surface area contributed by atoms with Crippen molar-refractivity contribution in [2.45, 2.75) is 25.3 Å². The third-order valence-electron chi connectivity index (χ3n) is 4.17. The fourth-order valence-electron chi connectivity index (χ4n) is 3.01. The Hall–Kier alpha value is -1.32. The van der Waals surface area contributed by atoms with Gasteiger partial charge in [-0.05, 0) is 43.9 Å². The molecule has 1 aromatic carbocycles. The number of benzene rings is 1. The molecule has 1 heterocycles. The van der Waals surface area contributed by atoms with E-state index in [1.807, 2.05) is 18.4 Å². The number of furan rings is 1. The second-order valence-corrected chi connectivity index (χ2v) is 5.87. The van der Waals surface area contributed by atoms with Gasteiger partial charge < -0.3 is 15.1 Å². The van der Waals surface area contributed by atoms with E-state index in [9.17, 15) is 0 Å². The highest BCUT2D eigenvalue weighted by Crippen LogP contribution is 2.26. The Bertz CT molecular complexity index is 542. The second-order valence-electron chi connectivity index (χ2n) is 5.87. The lowest BCUT2D eigenvalue weighted by molar-refractivity contribution is 0.183. The predicted molar refractivity (Wildman–Crippen MR) is 78.1 cm³/mol. The first kappa shape index (κ1) is 12.7. The summed E-state index contributed by atoms with van der Waals surface area (Å²) < 4.78 is 5.57. The van der Waals surface area contributed by atoms with Crippen LogP contribution in [0.3, 0.4) is 0 Å². The molecule has 0 atom stereocenters. The largest absolute Gasteiger partial charge is 0.464 e. The van der Waals surface area contributed by atoms with Gasteiger partial charge >= 0.3 is 0 Å². The molecule has 0 aliphatic heterocycles. The molecule has 1 aliphatic carbocycles. The Balaban J connectivity index is 1.54. The summed E-state index contributed by atoms with van der Waals surface area (Å²) >= 11 is 0. The number of likely N-dealkylation sites (N-methyl/N-ethyl adjacent to an activating group) is 1. The number of rotatable bonds is 5. The molecule has 1 fully saturated rings. The van der Waals surface area contributed by atoms with E-state index < -0.39 is 0 Å². The van der Waals surface area contributed by atoms with E-state index in [4.69, 9.17) is 10.2 Å². The molecule has 19 heavy (non-hydrogen) atoms. The average molecular weight is 258 g/mol. The number of fused-ring (bicyclic) bond motifs is 1. The molecule has 1 aromatic heterocycles. The van der Waals surface area contributed by atoms with Crippen LogP contribution in [0.2, 0.25) is 0 Å². The summed E-state index contributed by atoms with van der Waals surface area (Å²) in [6.45, 7) is 2.25. The minimum atomic E-state index is 0.455. The summed E-state index contributed by atoms with van der Waals surface area (Å²) in [4.78, 5) is 2.42. The Labute approximate surface area is 114 Å². The summed E-state index contributed by atoms with van der Waals surface area (Å²) in [7, 11) is 2.20. The van der Waals surface area contributed by atoms with Gasteiger partial charge in [0.15, 0.2) is 0 Å². The number of nitrogens with zero attached hydrogens (tertiary/aromatic N) is 1. The highest BCUT2D eigenvalue weighted by atomic mass is 16.3. The molecule has 102 valence electrons. The summed E-state index contributed by atoms with van der Waals surface area (Å²) in [6, 6.07) is 8.70. The van der Waals surface area contributed by atoms with Gasteiger partial charge in [0.2, 0.25) is 0 Å². The minimum absolute atomic E-state index is 0.455. The van der Waals surface area contributed by atoms with E-state index in [1.54, 1.807) is 0 Å². The van der Waals surface area contributed by atoms with Gasteiger partial charge in [-0.1, -0.05) is 18.2 Å². The van der Waals surface area contributed by atoms with Crippen molar-refractivity contribution in [2.75, 3.05) is 20.1 Å². The summed E-state index contributed by atoms with van der Waals surface area (Å²) in [5, 5.41) is 1.25. The van der Waals surface area contributed by atoms with Gasteiger partial charge in [-0.25, -0.2) is 0 Å². The van der Waals surface area contributed by atoms with Crippen LogP contribution >= 0.6 is 0 Å². The molecular formula is C16H22N2O. The normalized spacial score (nSPS) is 22.9. The Morgan fingerprint density at radius 2 is 2.11 bits per heavy atom. The SMILES string of the molecule is CN(CCc1coc2ccccc12)CC1CC(N)C1. The molecule has 3 heteroatoms. The van der Waals surface area contributed by atoms with Crippen LogP contribution in [0.15, 0.2) is 34.9 Å². The van der Waals surface area contributed by atoms with Gasteiger partial charge in [0.05, 0.1) is 6.26 Å². The van der Waals surface area contributed by atoms with Crippen molar-refractivity contribution in [1.82, 2.24) is 4.90 Å². The van der Waals surface area contributed by atoms with Crippen LogP contribution in [0.5, 0.6) is 0 Å². The summed E-state index contributed by atoms with van der Waals surface area (Å²) in [6.07, 6.45) is 5.34. The highest BCUT2D eigenvalue weighted by Gasteiger charge is 2.26. The van der Waals surface area contributed by atoms with Crippen molar-refractivity contribution in [3.8, 4) is 0 Å². The molecule has 1 aliphatic rings. The first-order valence-electron chi connectivity index (χ1n) is 7.11. The van der Waals surface area contributed by atoms with Crippen LogP contribution in [-0.4, -0.2) is 31.1 Å². The molecule has 0 amide bonds. The lowest BCUT2D eigenvalue weighted by Crippen LogP contribution is -2.42. The fourth-order valence-corrected chi connectivity index (χ4v) is 3.01. The van der Waals surface area contributed by atoms with Gasteiger partial charge in [-0.3, -0.25) is 0 Å². The molecule has 2 N–H and O–H groups in total. The van der Waals surface area contributed by atoms with E-state index in [2.05, 4.69) is 24.1 Å². The smallest absolute Gasteiger partial charge is 0.134 e. The van der Waals surface area contributed by atoms with Crippen molar-refractivity contribution in [3.05, 3.63) is 36.1 Å². The van der Waals surface area contributed by atoms with Crippen molar-refractivity contribution in [1.29, 1.82) is 0 Å². The second kappa shape index (κ2) is 5.35. The van der Waals surface area contributed by atoms with Gasteiger partial charge in [0.25, 0.3) is 0 Å². The molecular weight excluding hydrogens is 236 g/mol. The van der Waals surface area contributed by atoms with Gasteiger partial charge in [0.1, 0.15) is 5.58 Å². The standard InChI is InChI=1S/C16H22N2O/c1-18(10-12-8-14(17)9-12)7-6-13-11-19-16-5-3-2-4-15(13)16/h2-5,11-12,14H,6-10,17H2,1H3. The Morgan fingerprint density at radius 3 is 2.89 bits per heavy atom. The number of hydrogen-bond donors (Lipinski definition) is 1. The molecule has 0 saturated heterocycles. The highest BCUT2D eigenvalue weighted by molar-refractivity contribution is 5.80. The van der Waals surface area contributed by atoms with Gasteiger partial charge in [-0.15, -0.1) is 0 Å². The Kier molecular flexibility index (Phi) is 3.58. The number of para-hydroxylation sites is 1. The first-order valence-corrected chi connectivity index (χ1v) is 7.11. The van der Waals surface area contributed by atoms with Gasteiger partial charge in [0, 0.05) is 24.5 Å². The van der Waals surface area contributed by atoms with Crippen LogP contribution in [0.1, 0.15) is 18.4 Å². The lowest BCUT2D eigenvalue weighted by atomic mass is 9.80. The van der Waals surface area contributed by atoms with Crippen molar-refractivity contribution < 1.29 is 4.42 Å². The molecule has 0 spiro atoms. The fraction of sp³-hybridized carbons (Fsp3) is 0.500. The maximum absolute atomic E-state index is 5.83. The zero-order chi connectivity index (χ0) is 13.2. The van der Waals surface area contributed by atoms with Crippen molar-refractivity contribution >= 4 is 11.0 Å². The molecule has 0 unspecified atom stereocenters. The van der Waals surface area contributed by atoms with E-state index in [-0.39, 0.29) is 0 Å². The van der Waals surface area contributed by atoms with Crippen LogP contribution < -0.4 is 5.73 Å². The van der Waals surface area contributed by atoms with Crippen LogP contribution in [0.4, 0.5) is 0 Å². The van der Waals surface area contributed by atoms with E-state index in [0.717, 1.165) is 24.5 Å². The monoisotopic (exact) mass is 258 g/mol. The molecule has 0 radical (unpaired) electrons. The van der Waals surface area contributed by atoms with E-state index in [0.29, 0.717) is 6.04 Å². The predicted octanol–water partition coefficient (Wildman–Crippen LogP) is 2.64. The van der Waals surface area contributed by atoms with Crippen LogP contribution in [0.25, 0.3) is 11.0 Å². The minimum Gasteiger partial charge on any atom is -0.464 e. The maximum atomic E-state index is 5.83. The number of hydrogen-bond acceptors (Lipinski definition) is 3. The van der Waals surface area contributed by atoms with Crippen LogP contribution in [-0.2, 0) is 6.42 Å². The molecule has 0 bridgehead atoms. The lowest BCUT2D eigenvalue weighted by Gasteiger charge is -2.35. The van der Waals surface area contributed by atoms with E-state index in [1.165, 1.54) is 30.3 Å². The summed E-state index contributed by atoms with van der Waals surface area (Å²) in [5.41, 5.74) is 8.13. The Morgan fingerprint density at radius 1 is 1.32 bits per heavy atom. The molecule has 1 saturated carbocycles. The maximum Gasteiger partial charge on any atom is 0.134 e. The third kappa shape index (κ3) is 2.82. The van der Waals surface area contributed by atoms with Gasteiger partial charge in [-0.2, -0.15) is 0 Å². The first-order chi connectivity index (χ1) is 9.22.